The van der Waals surface area contributed by atoms with Crippen molar-refractivity contribution in [3.05, 3.63) is 65.5 Å². The molecule has 2 N–H and O–H groups in total. The SMILES string of the molecule is O=C(NC1CCCC[C@@H]1O)c1cn(Cc2cc(F)ccc2F)c2cccnc12. The number of carbonyl (C=O) groups excluding carboxylic acids is 1. The van der Waals surface area contributed by atoms with Gasteiger partial charge in [0.05, 0.1) is 29.8 Å². The van der Waals surface area contributed by atoms with Crippen molar-refractivity contribution < 1.29 is 18.7 Å². The fraction of sp³-hybridized carbons (Fsp3) is 0.333. The van der Waals surface area contributed by atoms with Crippen molar-refractivity contribution in [3.63, 3.8) is 0 Å². The van der Waals surface area contributed by atoms with E-state index >= 15 is 0 Å². The summed E-state index contributed by atoms with van der Waals surface area (Å²) in [7, 11) is 0. The van der Waals surface area contributed by atoms with Crippen molar-refractivity contribution in [2.75, 3.05) is 0 Å². The molecule has 5 nitrogen and oxygen atoms in total. The molecule has 0 spiro atoms. The highest BCUT2D eigenvalue weighted by Gasteiger charge is 2.26. The molecule has 146 valence electrons. The van der Waals surface area contributed by atoms with Crippen molar-refractivity contribution in [1.29, 1.82) is 0 Å². The Labute approximate surface area is 161 Å². The van der Waals surface area contributed by atoms with E-state index in [1.165, 1.54) is 0 Å². The van der Waals surface area contributed by atoms with Gasteiger partial charge >= 0.3 is 0 Å². The Hall–Kier alpha value is -2.80. The van der Waals surface area contributed by atoms with E-state index < -0.39 is 17.7 Å². The molecule has 2 atom stereocenters. The van der Waals surface area contributed by atoms with Crippen LogP contribution in [0.1, 0.15) is 41.6 Å². The number of aliphatic hydroxyl groups is 1. The molecule has 1 fully saturated rings. The maximum absolute atomic E-state index is 14.1. The molecule has 0 saturated heterocycles. The van der Waals surface area contributed by atoms with Crippen LogP contribution in [0.25, 0.3) is 11.0 Å². The molecule has 2 heterocycles. The Balaban J connectivity index is 1.66. The molecule has 0 radical (unpaired) electrons. The summed E-state index contributed by atoms with van der Waals surface area (Å²) < 4.78 is 29.3. The van der Waals surface area contributed by atoms with Gasteiger partial charge in [-0.2, -0.15) is 0 Å². The summed E-state index contributed by atoms with van der Waals surface area (Å²) >= 11 is 0. The predicted octanol–water partition coefficient (Wildman–Crippen LogP) is 3.40. The maximum Gasteiger partial charge on any atom is 0.255 e. The fourth-order valence-corrected chi connectivity index (χ4v) is 3.79. The van der Waals surface area contributed by atoms with Gasteiger partial charge in [-0.1, -0.05) is 12.8 Å². The number of halogens is 2. The van der Waals surface area contributed by atoms with Crippen molar-refractivity contribution >= 4 is 16.9 Å². The van der Waals surface area contributed by atoms with Crippen LogP contribution in [0.3, 0.4) is 0 Å². The standard InChI is InChI=1S/C21H21F2N3O2/c22-14-7-8-16(23)13(10-14)11-26-12-15(20-18(26)5-3-9-24-20)21(28)25-17-4-1-2-6-19(17)27/h3,5,7-10,12,17,19,27H,1-2,4,6,11H2,(H,25,28)/t17?,19-/m0/s1. The van der Waals surface area contributed by atoms with Gasteiger partial charge < -0.3 is 15.0 Å². The number of aliphatic hydroxyl groups excluding tert-OH is 1. The average molecular weight is 385 g/mol. The van der Waals surface area contributed by atoms with E-state index in [1.54, 1.807) is 29.1 Å². The van der Waals surface area contributed by atoms with Crippen molar-refractivity contribution in [2.24, 2.45) is 0 Å². The molecular formula is C21H21F2N3O2. The third kappa shape index (κ3) is 3.62. The van der Waals surface area contributed by atoms with E-state index in [2.05, 4.69) is 10.3 Å². The molecule has 1 aliphatic carbocycles. The van der Waals surface area contributed by atoms with E-state index in [4.69, 9.17) is 0 Å². The van der Waals surface area contributed by atoms with Crippen molar-refractivity contribution in [3.8, 4) is 0 Å². The van der Waals surface area contributed by atoms with Crippen LogP contribution in [-0.4, -0.2) is 32.7 Å². The average Bonchev–Trinajstić information content (AvgIpc) is 3.05. The number of hydrogen-bond donors (Lipinski definition) is 2. The molecule has 28 heavy (non-hydrogen) atoms. The summed E-state index contributed by atoms with van der Waals surface area (Å²) in [5.74, 6) is -1.35. The highest BCUT2D eigenvalue weighted by Crippen LogP contribution is 2.23. The number of hydrogen-bond acceptors (Lipinski definition) is 3. The number of nitrogens with zero attached hydrogens (tertiary/aromatic N) is 2. The van der Waals surface area contributed by atoms with Gasteiger partial charge in [-0.05, 0) is 43.2 Å². The second kappa shape index (κ2) is 7.67. The summed E-state index contributed by atoms with van der Waals surface area (Å²) in [5.41, 5.74) is 1.68. The molecule has 0 bridgehead atoms. The van der Waals surface area contributed by atoms with E-state index in [1.807, 2.05) is 0 Å². The Morgan fingerprint density at radius 1 is 1.25 bits per heavy atom. The third-order valence-corrected chi connectivity index (χ3v) is 5.27. The van der Waals surface area contributed by atoms with Gasteiger partial charge in [0, 0.05) is 18.0 Å². The molecule has 0 aliphatic heterocycles. The van der Waals surface area contributed by atoms with Crippen LogP contribution in [0.4, 0.5) is 8.78 Å². The van der Waals surface area contributed by atoms with Gasteiger partial charge in [0.15, 0.2) is 0 Å². The summed E-state index contributed by atoms with van der Waals surface area (Å²) in [6.07, 6.45) is 5.94. The maximum atomic E-state index is 14.1. The number of fused-ring (bicyclic) bond motifs is 1. The quantitative estimate of drug-likeness (QED) is 0.723. The van der Waals surface area contributed by atoms with Crippen LogP contribution >= 0.6 is 0 Å². The Kier molecular flexibility index (Phi) is 5.09. The number of benzene rings is 1. The smallest absolute Gasteiger partial charge is 0.255 e. The highest BCUT2D eigenvalue weighted by molar-refractivity contribution is 6.05. The van der Waals surface area contributed by atoms with Crippen LogP contribution in [0.5, 0.6) is 0 Å². The molecule has 1 aromatic carbocycles. The summed E-state index contributed by atoms with van der Waals surface area (Å²) in [6.45, 7) is 0.0745. The second-order valence-corrected chi connectivity index (χ2v) is 7.21. The topological polar surface area (TPSA) is 67.2 Å². The first-order valence-electron chi connectivity index (χ1n) is 9.39. The Morgan fingerprint density at radius 3 is 2.89 bits per heavy atom. The second-order valence-electron chi connectivity index (χ2n) is 7.21. The minimum atomic E-state index is -0.555. The zero-order chi connectivity index (χ0) is 19.7. The predicted molar refractivity (Wildman–Crippen MR) is 101 cm³/mol. The van der Waals surface area contributed by atoms with Gasteiger partial charge in [0.1, 0.15) is 17.2 Å². The van der Waals surface area contributed by atoms with Gasteiger partial charge in [0.25, 0.3) is 5.91 Å². The number of aromatic nitrogens is 2. The van der Waals surface area contributed by atoms with E-state index in [9.17, 15) is 18.7 Å². The molecule has 7 heteroatoms. The zero-order valence-corrected chi connectivity index (χ0v) is 15.2. The molecule has 1 unspecified atom stereocenters. The van der Waals surface area contributed by atoms with Crippen molar-refractivity contribution in [1.82, 2.24) is 14.9 Å². The number of carbonyl (C=O) groups is 1. The van der Waals surface area contributed by atoms with Crippen LogP contribution in [0, 0.1) is 11.6 Å². The molecule has 1 amide bonds. The minimum absolute atomic E-state index is 0.0745. The normalized spacial score (nSPS) is 19.7. The number of rotatable bonds is 4. The van der Waals surface area contributed by atoms with Crippen LogP contribution < -0.4 is 5.32 Å². The molecule has 1 saturated carbocycles. The molecule has 3 aromatic rings. The molecule has 1 aliphatic rings. The summed E-state index contributed by atoms with van der Waals surface area (Å²) in [6, 6.07) is 6.54. The highest BCUT2D eigenvalue weighted by atomic mass is 19.1. The van der Waals surface area contributed by atoms with Gasteiger partial charge in [-0.15, -0.1) is 0 Å². The summed E-state index contributed by atoms with van der Waals surface area (Å²) in [5, 5.41) is 13.0. The lowest BCUT2D eigenvalue weighted by molar-refractivity contribution is 0.0718. The lowest BCUT2D eigenvalue weighted by Gasteiger charge is -2.28. The molecule has 4 rings (SSSR count). The first-order chi connectivity index (χ1) is 13.5. The largest absolute Gasteiger partial charge is 0.391 e. The van der Waals surface area contributed by atoms with Crippen molar-refractivity contribution in [2.45, 2.75) is 44.4 Å². The minimum Gasteiger partial charge on any atom is -0.391 e. The number of nitrogens with one attached hydrogen (secondary N) is 1. The lowest BCUT2D eigenvalue weighted by Crippen LogP contribution is -2.45. The molecular weight excluding hydrogens is 364 g/mol. The van der Waals surface area contributed by atoms with E-state index in [0.29, 0.717) is 23.0 Å². The lowest BCUT2D eigenvalue weighted by atomic mass is 9.92. The Bertz CT molecular complexity index is 1020. The van der Waals surface area contributed by atoms with Crippen LogP contribution in [0.2, 0.25) is 0 Å². The number of pyridine rings is 1. The van der Waals surface area contributed by atoms with Crippen LogP contribution in [-0.2, 0) is 6.54 Å². The van der Waals surface area contributed by atoms with E-state index in [-0.39, 0.29) is 24.1 Å². The Morgan fingerprint density at radius 2 is 2.07 bits per heavy atom. The van der Waals surface area contributed by atoms with Gasteiger partial charge in [-0.25, -0.2) is 8.78 Å². The first-order valence-corrected chi connectivity index (χ1v) is 9.39. The van der Waals surface area contributed by atoms with Gasteiger partial charge in [-0.3, -0.25) is 9.78 Å². The summed E-state index contributed by atoms with van der Waals surface area (Å²) in [4.78, 5) is 17.2. The molecule has 2 aromatic heterocycles. The fourth-order valence-electron chi connectivity index (χ4n) is 3.79. The van der Waals surface area contributed by atoms with Gasteiger partial charge in [0.2, 0.25) is 0 Å². The monoisotopic (exact) mass is 385 g/mol. The number of amides is 1. The third-order valence-electron chi connectivity index (χ3n) is 5.27. The zero-order valence-electron chi connectivity index (χ0n) is 15.2. The van der Waals surface area contributed by atoms with E-state index in [0.717, 1.165) is 37.5 Å². The first kappa shape index (κ1) is 18.6. The van der Waals surface area contributed by atoms with Crippen LogP contribution in [0.15, 0.2) is 42.7 Å².